The molecule has 0 radical (unpaired) electrons. The molecule has 3 aliphatic rings. The van der Waals surface area contributed by atoms with Gasteiger partial charge in [0.05, 0.1) is 29.1 Å². The summed E-state index contributed by atoms with van der Waals surface area (Å²) in [6, 6.07) is 18.3. The minimum absolute atomic E-state index is 0.144. The fourth-order valence-electron chi connectivity index (χ4n) is 5.26. The number of ether oxygens (including phenoxy) is 1. The molecular formula is C30H35N3O3. The number of hydrogen-bond acceptors (Lipinski definition) is 5. The van der Waals surface area contributed by atoms with Gasteiger partial charge in [-0.1, -0.05) is 61.2 Å². The van der Waals surface area contributed by atoms with Crippen LogP contribution in [0.25, 0.3) is 0 Å². The fraction of sp³-hybridized carbons (Fsp3) is 0.400. The van der Waals surface area contributed by atoms with Gasteiger partial charge < -0.3 is 14.7 Å². The van der Waals surface area contributed by atoms with Gasteiger partial charge in [-0.05, 0) is 56.9 Å². The Bertz CT molecular complexity index is 1190. The second-order valence-electron chi connectivity index (χ2n) is 10.8. The number of carbonyl (C=O) groups excluding carboxylic acids is 1. The summed E-state index contributed by atoms with van der Waals surface area (Å²) in [7, 11) is 0. The van der Waals surface area contributed by atoms with Crippen molar-refractivity contribution >= 4 is 11.8 Å². The predicted molar refractivity (Wildman–Crippen MR) is 141 cm³/mol. The molecule has 2 atom stereocenters. The number of carbonyl (C=O) groups is 1. The van der Waals surface area contributed by atoms with Gasteiger partial charge in [-0.2, -0.15) is 5.10 Å². The minimum atomic E-state index is -0.975. The number of amides is 1. The topological polar surface area (TPSA) is 65.4 Å². The molecule has 1 saturated carbocycles. The molecule has 0 bridgehead atoms. The smallest absolute Gasteiger partial charge is 0.411 e. The maximum absolute atomic E-state index is 13.3. The zero-order chi connectivity index (χ0) is 25.5. The van der Waals surface area contributed by atoms with Gasteiger partial charge >= 0.3 is 6.09 Å². The minimum Gasteiger partial charge on any atom is -0.438 e. The van der Waals surface area contributed by atoms with E-state index in [1.807, 2.05) is 54.4 Å². The van der Waals surface area contributed by atoms with E-state index in [-0.39, 0.29) is 12.1 Å². The van der Waals surface area contributed by atoms with Crippen LogP contribution in [0.1, 0.15) is 69.2 Å². The van der Waals surface area contributed by atoms with Crippen molar-refractivity contribution in [3.8, 4) is 0 Å². The highest BCUT2D eigenvalue weighted by Crippen LogP contribution is 2.42. The molecule has 0 unspecified atom stereocenters. The van der Waals surface area contributed by atoms with Crippen molar-refractivity contribution in [1.82, 2.24) is 9.91 Å². The maximum Gasteiger partial charge on any atom is 0.411 e. The molecule has 5 rings (SSSR count). The van der Waals surface area contributed by atoms with Crippen LogP contribution < -0.4 is 0 Å². The van der Waals surface area contributed by atoms with Crippen LogP contribution in [-0.4, -0.2) is 45.0 Å². The zero-order valence-corrected chi connectivity index (χ0v) is 21.4. The number of aliphatic hydroxyl groups is 1. The normalized spacial score (nSPS) is 23.4. The lowest BCUT2D eigenvalue weighted by atomic mass is 9.80. The van der Waals surface area contributed by atoms with Crippen LogP contribution in [0.3, 0.4) is 0 Å². The Morgan fingerprint density at radius 1 is 1.14 bits per heavy atom. The van der Waals surface area contributed by atoms with Gasteiger partial charge in [0.2, 0.25) is 0 Å². The molecule has 0 spiro atoms. The lowest BCUT2D eigenvalue weighted by Crippen LogP contribution is -2.51. The molecule has 2 heterocycles. The first-order chi connectivity index (χ1) is 17.2. The van der Waals surface area contributed by atoms with E-state index in [9.17, 15) is 9.90 Å². The quantitative estimate of drug-likeness (QED) is 0.530. The van der Waals surface area contributed by atoms with Gasteiger partial charge in [0.25, 0.3) is 0 Å². The van der Waals surface area contributed by atoms with Crippen LogP contribution in [0.15, 0.2) is 84.1 Å². The Labute approximate surface area is 213 Å². The molecule has 1 saturated heterocycles. The first-order valence-corrected chi connectivity index (χ1v) is 12.8. The molecule has 6 heteroatoms. The molecule has 0 aromatic heterocycles. The third kappa shape index (κ3) is 4.96. The summed E-state index contributed by atoms with van der Waals surface area (Å²) in [6.07, 6.45) is 6.94. The number of hydrogen-bond donors (Lipinski definition) is 1. The molecule has 2 aliphatic heterocycles. The summed E-state index contributed by atoms with van der Waals surface area (Å²) >= 11 is 0. The second-order valence-corrected chi connectivity index (χ2v) is 10.8. The van der Waals surface area contributed by atoms with Crippen LogP contribution >= 0.6 is 0 Å². The van der Waals surface area contributed by atoms with Crippen LogP contribution in [0.2, 0.25) is 0 Å². The summed E-state index contributed by atoms with van der Waals surface area (Å²) in [4.78, 5) is 15.1. The lowest BCUT2D eigenvalue weighted by Gasteiger charge is -2.45. The van der Waals surface area contributed by atoms with Gasteiger partial charge in [-0.3, -0.25) is 5.01 Å². The Morgan fingerprint density at radius 2 is 1.83 bits per heavy atom. The highest BCUT2D eigenvalue weighted by atomic mass is 16.6. The van der Waals surface area contributed by atoms with E-state index in [0.717, 1.165) is 40.9 Å². The largest absolute Gasteiger partial charge is 0.438 e. The Morgan fingerprint density at radius 3 is 2.44 bits per heavy atom. The number of nitrogens with zero attached hydrogens (tertiary/aromatic N) is 3. The molecule has 36 heavy (non-hydrogen) atoms. The maximum atomic E-state index is 13.3. The molecule has 2 aromatic carbocycles. The van der Waals surface area contributed by atoms with Gasteiger partial charge in [-0.25, -0.2) is 4.79 Å². The third-order valence-electron chi connectivity index (χ3n) is 7.28. The molecule has 188 valence electrons. The van der Waals surface area contributed by atoms with Gasteiger partial charge in [-0.15, -0.1) is 0 Å². The van der Waals surface area contributed by atoms with Crippen molar-refractivity contribution in [2.24, 2.45) is 5.10 Å². The highest BCUT2D eigenvalue weighted by Gasteiger charge is 2.46. The first kappa shape index (κ1) is 24.3. The van der Waals surface area contributed by atoms with E-state index in [4.69, 9.17) is 9.84 Å². The Balaban J connectivity index is 1.32. The average molecular weight is 486 g/mol. The van der Waals surface area contributed by atoms with Crippen molar-refractivity contribution in [3.05, 3.63) is 95.7 Å². The summed E-state index contributed by atoms with van der Waals surface area (Å²) in [5.41, 5.74) is 3.03. The number of rotatable bonds is 7. The second kappa shape index (κ2) is 9.25. The van der Waals surface area contributed by atoms with E-state index < -0.39 is 11.2 Å². The van der Waals surface area contributed by atoms with Gasteiger partial charge in [0.1, 0.15) is 5.60 Å². The van der Waals surface area contributed by atoms with Crippen molar-refractivity contribution < 1.29 is 14.6 Å². The van der Waals surface area contributed by atoms with Crippen molar-refractivity contribution in [2.75, 3.05) is 6.54 Å². The number of allylic oxidation sites excluding steroid dienone is 2. The van der Waals surface area contributed by atoms with Crippen LogP contribution in [-0.2, 0) is 10.3 Å². The van der Waals surface area contributed by atoms with Crippen LogP contribution in [0.4, 0.5) is 4.79 Å². The summed E-state index contributed by atoms with van der Waals surface area (Å²) in [6.45, 7) is 10.2. The number of cyclic esters (lactones) is 1. The first-order valence-electron chi connectivity index (χ1n) is 12.8. The van der Waals surface area contributed by atoms with Crippen molar-refractivity contribution in [1.29, 1.82) is 0 Å². The Kier molecular flexibility index (Phi) is 6.25. The lowest BCUT2D eigenvalue weighted by molar-refractivity contribution is -0.101. The standard InChI is InChI=1S/C30H35N3O3/c1-21-10-17-27(31-33(21)26-15-16-26)24-13-11-23(12-14-24)22(2)32-19-18-30(36-28(32)34,20-29(3,4)35)25-8-6-5-7-9-25/h5-14,17,22,26,35H,1,15-16,18-20H2,2-4H3/t22-,30-/m0/s1. The molecule has 2 aromatic rings. The van der Waals surface area contributed by atoms with Crippen molar-refractivity contribution in [2.45, 2.75) is 69.7 Å². The van der Waals surface area contributed by atoms with E-state index >= 15 is 0 Å². The molecular weight excluding hydrogens is 450 g/mol. The predicted octanol–water partition coefficient (Wildman–Crippen LogP) is 5.90. The van der Waals surface area contributed by atoms with Crippen molar-refractivity contribution in [3.63, 3.8) is 0 Å². The molecule has 1 N–H and O–H groups in total. The third-order valence-corrected chi connectivity index (χ3v) is 7.28. The van der Waals surface area contributed by atoms with Crippen LogP contribution in [0.5, 0.6) is 0 Å². The molecule has 2 fully saturated rings. The molecule has 1 aliphatic carbocycles. The SMILES string of the molecule is C=C1C=CC(c2ccc([C@H](C)N3CC[C@](CC(C)(C)O)(c4ccccc4)OC3=O)cc2)=NN1C1CC1. The summed E-state index contributed by atoms with van der Waals surface area (Å²) in [5.74, 6) is 0. The van der Waals surface area contributed by atoms with E-state index in [1.165, 1.54) is 0 Å². The van der Waals surface area contributed by atoms with E-state index in [1.54, 1.807) is 18.7 Å². The number of hydrazone groups is 1. The van der Waals surface area contributed by atoms with E-state index in [2.05, 4.69) is 30.8 Å². The summed E-state index contributed by atoms with van der Waals surface area (Å²) < 4.78 is 6.15. The Hall–Kier alpha value is -3.38. The average Bonchev–Trinajstić information content (AvgIpc) is 3.69. The van der Waals surface area contributed by atoms with E-state index in [0.29, 0.717) is 25.4 Å². The zero-order valence-electron chi connectivity index (χ0n) is 21.4. The fourth-order valence-corrected chi connectivity index (χ4v) is 5.26. The molecule has 6 nitrogen and oxygen atoms in total. The monoisotopic (exact) mass is 485 g/mol. The van der Waals surface area contributed by atoms with Crippen LogP contribution in [0, 0.1) is 0 Å². The highest BCUT2D eigenvalue weighted by molar-refractivity contribution is 6.09. The molecule has 1 amide bonds. The summed E-state index contributed by atoms with van der Waals surface area (Å²) in [5, 5.41) is 17.4. The van der Waals surface area contributed by atoms with Gasteiger partial charge in [0, 0.05) is 24.9 Å². The van der Waals surface area contributed by atoms with Gasteiger partial charge in [0.15, 0.2) is 0 Å². The number of benzene rings is 2.